The molecular weight excluding hydrogens is 148 g/mol. The van der Waals surface area contributed by atoms with Gasteiger partial charge in [0.15, 0.2) is 0 Å². The lowest BCUT2D eigenvalue weighted by molar-refractivity contribution is 0.870. The molecule has 0 aliphatic carbocycles. The highest BCUT2D eigenvalue weighted by atomic mass is 14.9. The Hall–Kier alpha value is -0.790. The van der Waals surface area contributed by atoms with Crippen molar-refractivity contribution in [2.24, 2.45) is 16.6 Å². The first kappa shape index (κ1) is 11.2. The van der Waals surface area contributed by atoms with E-state index in [1.54, 1.807) is 0 Å². The Morgan fingerprint density at radius 2 is 1.83 bits per heavy atom. The minimum Gasteiger partial charge on any atom is -0.384 e. The van der Waals surface area contributed by atoms with Crippen LogP contribution in [-0.4, -0.2) is 5.71 Å². The van der Waals surface area contributed by atoms with Gasteiger partial charge in [0, 0.05) is 5.71 Å². The summed E-state index contributed by atoms with van der Waals surface area (Å²) >= 11 is 0. The van der Waals surface area contributed by atoms with Gasteiger partial charge in [-0.05, 0) is 31.8 Å². The molecule has 0 saturated carbocycles. The number of nitrogens with two attached hydrogens (primary N) is 1. The van der Waals surface area contributed by atoms with E-state index < -0.39 is 0 Å². The first-order valence-electron chi connectivity index (χ1n) is 4.49. The lowest BCUT2D eigenvalue weighted by atomic mass is 10.1. The second kappa shape index (κ2) is 4.96. The van der Waals surface area contributed by atoms with Gasteiger partial charge in [-0.1, -0.05) is 20.8 Å². The van der Waals surface area contributed by atoms with Gasteiger partial charge in [0.1, 0.15) is 5.82 Å². The molecule has 0 aliphatic heterocycles. The van der Waals surface area contributed by atoms with Gasteiger partial charge in [0.25, 0.3) is 0 Å². The lowest BCUT2D eigenvalue weighted by Gasteiger charge is -2.05. The van der Waals surface area contributed by atoms with E-state index in [1.807, 2.05) is 13.8 Å². The molecule has 70 valence electrons. The predicted octanol–water partition coefficient (Wildman–Crippen LogP) is 2.70. The molecule has 0 radical (unpaired) electrons. The standard InChI is InChI=1S/C10H20N2/c1-6-8(4)10(11)12-9(5)7(2)3/h7H,6,11H2,1-5H3/b10-8+,12-9+. The SMILES string of the molecule is CC/C(C)=C(N)/N=C(\C)C(C)C. The molecule has 0 rings (SSSR count). The molecular formula is C10H20N2. The minimum atomic E-state index is 0.480. The summed E-state index contributed by atoms with van der Waals surface area (Å²) in [6.07, 6.45) is 0.973. The minimum absolute atomic E-state index is 0.480. The van der Waals surface area contributed by atoms with E-state index in [9.17, 15) is 0 Å². The summed E-state index contributed by atoms with van der Waals surface area (Å²) in [6.45, 7) is 10.4. The van der Waals surface area contributed by atoms with Gasteiger partial charge in [-0.2, -0.15) is 0 Å². The summed E-state index contributed by atoms with van der Waals surface area (Å²) in [6, 6.07) is 0. The second-order valence-electron chi connectivity index (χ2n) is 3.43. The quantitative estimate of drug-likeness (QED) is 0.646. The Kier molecular flexibility index (Phi) is 4.64. The number of nitrogens with zero attached hydrogens (tertiary/aromatic N) is 1. The summed E-state index contributed by atoms with van der Waals surface area (Å²) in [5.41, 5.74) is 8.02. The molecule has 0 heterocycles. The summed E-state index contributed by atoms with van der Waals surface area (Å²) in [4.78, 5) is 4.32. The van der Waals surface area contributed by atoms with Gasteiger partial charge in [0.2, 0.25) is 0 Å². The van der Waals surface area contributed by atoms with Crippen LogP contribution in [0.4, 0.5) is 0 Å². The van der Waals surface area contributed by atoms with E-state index in [0.29, 0.717) is 11.7 Å². The maximum atomic E-state index is 5.76. The van der Waals surface area contributed by atoms with Crippen LogP contribution in [0.25, 0.3) is 0 Å². The average Bonchev–Trinajstić information content (AvgIpc) is 2.02. The number of hydrogen-bond acceptors (Lipinski definition) is 2. The Balaban J connectivity index is 4.53. The van der Waals surface area contributed by atoms with Crippen molar-refractivity contribution >= 4 is 5.71 Å². The zero-order valence-corrected chi connectivity index (χ0v) is 8.81. The fourth-order valence-corrected chi connectivity index (χ4v) is 0.596. The molecule has 12 heavy (non-hydrogen) atoms. The van der Waals surface area contributed by atoms with Crippen LogP contribution in [0.2, 0.25) is 0 Å². The van der Waals surface area contributed by atoms with Crippen molar-refractivity contribution in [3.05, 3.63) is 11.4 Å². The Morgan fingerprint density at radius 1 is 1.33 bits per heavy atom. The van der Waals surface area contributed by atoms with Crippen molar-refractivity contribution in [2.45, 2.75) is 41.0 Å². The van der Waals surface area contributed by atoms with E-state index in [-0.39, 0.29) is 0 Å². The molecule has 0 unspecified atom stereocenters. The van der Waals surface area contributed by atoms with Gasteiger partial charge in [-0.25, -0.2) is 4.99 Å². The van der Waals surface area contributed by atoms with Crippen LogP contribution < -0.4 is 5.73 Å². The van der Waals surface area contributed by atoms with E-state index in [1.165, 1.54) is 0 Å². The first-order valence-corrected chi connectivity index (χ1v) is 4.49. The predicted molar refractivity (Wildman–Crippen MR) is 55.1 cm³/mol. The van der Waals surface area contributed by atoms with Gasteiger partial charge >= 0.3 is 0 Å². The molecule has 0 aliphatic rings. The van der Waals surface area contributed by atoms with Crippen LogP contribution in [-0.2, 0) is 0 Å². The van der Waals surface area contributed by atoms with Crippen molar-refractivity contribution in [1.82, 2.24) is 0 Å². The highest BCUT2D eigenvalue weighted by Crippen LogP contribution is 2.06. The van der Waals surface area contributed by atoms with Crippen LogP contribution in [0.15, 0.2) is 16.4 Å². The summed E-state index contributed by atoms with van der Waals surface area (Å²) in [7, 11) is 0. The van der Waals surface area contributed by atoms with Crippen molar-refractivity contribution < 1.29 is 0 Å². The molecule has 0 bridgehead atoms. The number of allylic oxidation sites excluding steroid dienone is 1. The highest BCUT2D eigenvalue weighted by molar-refractivity contribution is 5.84. The summed E-state index contributed by atoms with van der Waals surface area (Å²) in [5, 5.41) is 0. The average molecular weight is 168 g/mol. The van der Waals surface area contributed by atoms with Crippen LogP contribution in [0.5, 0.6) is 0 Å². The van der Waals surface area contributed by atoms with Crippen LogP contribution in [0, 0.1) is 5.92 Å². The number of hydrogen-bond donors (Lipinski definition) is 1. The lowest BCUT2D eigenvalue weighted by Crippen LogP contribution is -2.06. The third kappa shape index (κ3) is 3.56. The normalized spacial score (nSPS) is 15.0. The third-order valence-corrected chi connectivity index (χ3v) is 2.10. The molecule has 0 aromatic rings. The maximum Gasteiger partial charge on any atom is 0.122 e. The van der Waals surface area contributed by atoms with E-state index in [0.717, 1.165) is 17.7 Å². The van der Waals surface area contributed by atoms with Gasteiger partial charge in [0.05, 0.1) is 0 Å². The molecule has 2 nitrogen and oxygen atoms in total. The third-order valence-electron chi connectivity index (χ3n) is 2.10. The summed E-state index contributed by atoms with van der Waals surface area (Å²) < 4.78 is 0. The molecule has 0 saturated heterocycles. The fourth-order valence-electron chi connectivity index (χ4n) is 0.596. The van der Waals surface area contributed by atoms with E-state index in [4.69, 9.17) is 5.73 Å². The zero-order valence-electron chi connectivity index (χ0n) is 8.81. The number of aliphatic imine (C=N–C) groups is 1. The molecule has 0 aromatic heterocycles. The topological polar surface area (TPSA) is 38.4 Å². The Labute approximate surface area is 75.6 Å². The fraction of sp³-hybridized carbons (Fsp3) is 0.700. The molecule has 0 amide bonds. The van der Waals surface area contributed by atoms with Crippen molar-refractivity contribution in [3.8, 4) is 0 Å². The molecule has 0 atom stereocenters. The van der Waals surface area contributed by atoms with Crippen LogP contribution in [0.1, 0.15) is 41.0 Å². The highest BCUT2D eigenvalue weighted by Gasteiger charge is 1.99. The first-order chi connectivity index (χ1) is 5.49. The molecule has 0 fully saturated rings. The van der Waals surface area contributed by atoms with Gasteiger partial charge in [-0.3, -0.25) is 0 Å². The Morgan fingerprint density at radius 3 is 2.17 bits per heavy atom. The molecule has 0 spiro atoms. The smallest absolute Gasteiger partial charge is 0.122 e. The van der Waals surface area contributed by atoms with Crippen LogP contribution in [0.3, 0.4) is 0 Å². The van der Waals surface area contributed by atoms with Crippen LogP contribution >= 0.6 is 0 Å². The maximum absolute atomic E-state index is 5.76. The van der Waals surface area contributed by atoms with Crippen molar-refractivity contribution in [2.75, 3.05) is 0 Å². The monoisotopic (exact) mass is 168 g/mol. The largest absolute Gasteiger partial charge is 0.384 e. The molecule has 2 N–H and O–H groups in total. The Bertz CT molecular complexity index is 200. The zero-order chi connectivity index (χ0) is 9.72. The summed E-state index contributed by atoms with van der Waals surface area (Å²) in [5.74, 6) is 1.16. The van der Waals surface area contributed by atoms with E-state index in [2.05, 4.69) is 25.8 Å². The number of rotatable bonds is 3. The van der Waals surface area contributed by atoms with E-state index >= 15 is 0 Å². The second-order valence-corrected chi connectivity index (χ2v) is 3.43. The van der Waals surface area contributed by atoms with Crippen molar-refractivity contribution in [1.29, 1.82) is 0 Å². The van der Waals surface area contributed by atoms with Crippen molar-refractivity contribution in [3.63, 3.8) is 0 Å². The molecule has 2 heteroatoms. The molecule has 0 aromatic carbocycles. The van der Waals surface area contributed by atoms with Gasteiger partial charge in [-0.15, -0.1) is 0 Å². The van der Waals surface area contributed by atoms with Gasteiger partial charge < -0.3 is 5.73 Å².